The zero-order valence-electron chi connectivity index (χ0n) is 14.5. The van der Waals surface area contributed by atoms with Crippen LogP contribution in [-0.2, 0) is 4.79 Å². The van der Waals surface area contributed by atoms with Crippen molar-refractivity contribution in [3.63, 3.8) is 0 Å². The van der Waals surface area contributed by atoms with E-state index in [0.29, 0.717) is 31.2 Å². The van der Waals surface area contributed by atoms with Crippen LogP contribution in [-0.4, -0.2) is 63.5 Å². The van der Waals surface area contributed by atoms with Gasteiger partial charge in [0.1, 0.15) is 6.26 Å². The normalized spacial score (nSPS) is 26.2. The summed E-state index contributed by atoms with van der Waals surface area (Å²) in [6.07, 6.45) is 3.84. The molecule has 1 aromatic rings. The number of carbonyl (C=O) groups is 2. The predicted molar refractivity (Wildman–Crippen MR) is 86.3 cm³/mol. The van der Waals surface area contributed by atoms with Crippen LogP contribution in [0.4, 0.5) is 0 Å². The number of aryl methyl sites for hydroxylation is 1. The van der Waals surface area contributed by atoms with E-state index in [4.69, 9.17) is 4.42 Å². The molecule has 1 atom stereocenters. The Kier molecular flexibility index (Phi) is 4.15. The number of nitrogens with zero attached hydrogens (tertiary/aromatic N) is 3. The van der Waals surface area contributed by atoms with E-state index >= 15 is 0 Å². The molecule has 2 fully saturated rings. The highest BCUT2D eigenvalue weighted by Crippen LogP contribution is 2.48. The topological polar surface area (TPSA) is 86.9 Å². The van der Waals surface area contributed by atoms with Gasteiger partial charge < -0.3 is 19.3 Å². The average Bonchev–Trinajstić information content (AvgIpc) is 3.10. The molecule has 2 amide bonds. The molecule has 2 aliphatic heterocycles. The van der Waals surface area contributed by atoms with E-state index in [9.17, 15) is 14.7 Å². The van der Waals surface area contributed by atoms with E-state index in [1.807, 2.05) is 6.92 Å². The molecule has 1 spiro atoms. The molecule has 0 saturated carbocycles. The van der Waals surface area contributed by atoms with E-state index in [-0.39, 0.29) is 23.8 Å². The maximum atomic E-state index is 12.5. The Hall–Kier alpha value is -1.89. The zero-order chi connectivity index (χ0) is 17.5. The van der Waals surface area contributed by atoms with E-state index in [1.165, 1.54) is 6.26 Å². The summed E-state index contributed by atoms with van der Waals surface area (Å²) in [6, 6.07) is 0. The monoisotopic (exact) mass is 335 g/mol. The Bertz CT molecular complexity index is 648. The van der Waals surface area contributed by atoms with Crippen LogP contribution in [0.5, 0.6) is 0 Å². The van der Waals surface area contributed by atoms with Crippen LogP contribution in [0, 0.1) is 12.3 Å². The van der Waals surface area contributed by atoms with Gasteiger partial charge in [-0.3, -0.25) is 9.59 Å². The van der Waals surface area contributed by atoms with Crippen LogP contribution in [0.1, 0.15) is 49.5 Å². The summed E-state index contributed by atoms with van der Waals surface area (Å²) in [7, 11) is 0. The summed E-state index contributed by atoms with van der Waals surface area (Å²) >= 11 is 0. The van der Waals surface area contributed by atoms with Crippen LogP contribution in [0.15, 0.2) is 10.7 Å². The molecule has 1 aromatic heterocycles. The molecular formula is C17H25N3O4. The lowest BCUT2D eigenvalue weighted by Gasteiger charge is -2.39. The van der Waals surface area contributed by atoms with Crippen molar-refractivity contribution in [3.8, 4) is 0 Å². The van der Waals surface area contributed by atoms with Crippen molar-refractivity contribution in [3.05, 3.63) is 17.8 Å². The third kappa shape index (κ3) is 2.81. The summed E-state index contributed by atoms with van der Waals surface area (Å²) in [4.78, 5) is 32.1. The van der Waals surface area contributed by atoms with Crippen molar-refractivity contribution in [2.45, 2.75) is 45.6 Å². The molecule has 132 valence electrons. The van der Waals surface area contributed by atoms with Crippen LogP contribution in [0.3, 0.4) is 0 Å². The fraction of sp³-hybridized carbons (Fsp3) is 0.706. The number of hydrogen-bond donors (Lipinski definition) is 1. The SMILES string of the molecule is CC(=O)N1CC2(CCN(C(=O)c3coc(C)n3)CC2)CC1(C)CO. The second-order valence-electron chi connectivity index (χ2n) is 7.48. The van der Waals surface area contributed by atoms with Crippen molar-refractivity contribution in [2.75, 3.05) is 26.2 Å². The van der Waals surface area contributed by atoms with Crippen molar-refractivity contribution in [2.24, 2.45) is 5.41 Å². The van der Waals surface area contributed by atoms with Crippen LogP contribution in [0.2, 0.25) is 0 Å². The molecule has 24 heavy (non-hydrogen) atoms. The molecule has 0 aliphatic carbocycles. The zero-order valence-corrected chi connectivity index (χ0v) is 14.5. The van der Waals surface area contributed by atoms with Crippen molar-refractivity contribution in [1.82, 2.24) is 14.8 Å². The smallest absolute Gasteiger partial charge is 0.275 e. The average molecular weight is 335 g/mol. The van der Waals surface area contributed by atoms with Crippen LogP contribution >= 0.6 is 0 Å². The fourth-order valence-corrected chi connectivity index (χ4v) is 4.26. The van der Waals surface area contributed by atoms with Crippen molar-refractivity contribution < 1.29 is 19.1 Å². The lowest BCUT2D eigenvalue weighted by molar-refractivity contribution is -0.134. The first-order chi connectivity index (χ1) is 11.3. The number of rotatable bonds is 2. The molecule has 1 N–H and O–H groups in total. The molecule has 7 nitrogen and oxygen atoms in total. The van der Waals surface area contributed by atoms with E-state index in [1.54, 1.807) is 23.6 Å². The lowest BCUT2D eigenvalue weighted by Crippen LogP contribution is -2.46. The van der Waals surface area contributed by atoms with Gasteiger partial charge in [0, 0.05) is 33.5 Å². The molecule has 2 aliphatic rings. The highest BCUT2D eigenvalue weighted by atomic mass is 16.3. The third-order valence-corrected chi connectivity index (χ3v) is 5.57. The number of carbonyl (C=O) groups excluding carboxylic acids is 2. The number of piperidine rings is 1. The van der Waals surface area contributed by atoms with Crippen molar-refractivity contribution in [1.29, 1.82) is 0 Å². The molecule has 0 radical (unpaired) electrons. The number of hydrogen-bond acceptors (Lipinski definition) is 5. The van der Waals surface area contributed by atoms with E-state index < -0.39 is 5.54 Å². The van der Waals surface area contributed by atoms with Gasteiger partial charge in [-0.25, -0.2) is 4.98 Å². The third-order valence-electron chi connectivity index (χ3n) is 5.57. The Morgan fingerprint density at radius 3 is 2.50 bits per heavy atom. The lowest BCUT2D eigenvalue weighted by atomic mass is 9.74. The summed E-state index contributed by atoms with van der Waals surface area (Å²) in [5.74, 6) is 0.381. The van der Waals surface area contributed by atoms with E-state index in [2.05, 4.69) is 4.98 Å². The first-order valence-electron chi connectivity index (χ1n) is 8.39. The molecule has 3 rings (SSSR count). The quantitative estimate of drug-likeness (QED) is 0.878. The minimum absolute atomic E-state index is 0.00000307. The van der Waals surface area contributed by atoms with Crippen LogP contribution in [0.25, 0.3) is 0 Å². The van der Waals surface area contributed by atoms with Gasteiger partial charge >= 0.3 is 0 Å². The molecule has 1 unspecified atom stereocenters. The summed E-state index contributed by atoms with van der Waals surface area (Å²) in [5.41, 5.74) is -0.165. The summed E-state index contributed by atoms with van der Waals surface area (Å²) in [6.45, 7) is 7.11. The molecule has 0 aromatic carbocycles. The first-order valence-corrected chi connectivity index (χ1v) is 8.39. The maximum absolute atomic E-state index is 12.5. The van der Waals surface area contributed by atoms with Gasteiger partial charge in [0.15, 0.2) is 11.6 Å². The summed E-state index contributed by atoms with van der Waals surface area (Å²) < 4.78 is 5.12. The molecule has 0 bridgehead atoms. The second-order valence-corrected chi connectivity index (χ2v) is 7.48. The summed E-state index contributed by atoms with van der Waals surface area (Å²) in [5, 5.41) is 9.77. The maximum Gasteiger partial charge on any atom is 0.275 e. The Morgan fingerprint density at radius 1 is 1.38 bits per heavy atom. The first kappa shape index (κ1) is 17.0. The number of aliphatic hydroxyl groups excluding tert-OH is 1. The highest BCUT2D eigenvalue weighted by molar-refractivity contribution is 5.92. The minimum Gasteiger partial charge on any atom is -0.448 e. The Balaban J connectivity index is 1.69. The molecule has 7 heteroatoms. The van der Waals surface area contributed by atoms with Gasteiger partial charge in [0.25, 0.3) is 5.91 Å². The van der Waals surface area contributed by atoms with Gasteiger partial charge in [-0.05, 0) is 31.6 Å². The standard InChI is InChI=1S/C17H25N3O4/c1-12-18-14(8-24-12)15(23)19-6-4-17(5-7-19)9-16(3,11-21)20(10-17)13(2)22/h8,21H,4-7,9-11H2,1-3H3. The Labute approximate surface area is 141 Å². The number of likely N-dealkylation sites (tertiary alicyclic amines) is 2. The van der Waals surface area contributed by atoms with Crippen molar-refractivity contribution >= 4 is 11.8 Å². The second kappa shape index (κ2) is 5.88. The number of oxazole rings is 1. The van der Waals surface area contributed by atoms with Gasteiger partial charge in [-0.15, -0.1) is 0 Å². The van der Waals surface area contributed by atoms with Gasteiger partial charge in [0.2, 0.25) is 5.91 Å². The molecule has 3 heterocycles. The number of aromatic nitrogens is 1. The number of amides is 2. The minimum atomic E-state index is -0.499. The van der Waals surface area contributed by atoms with E-state index in [0.717, 1.165) is 19.3 Å². The number of aliphatic hydroxyl groups is 1. The van der Waals surface area contributed by atoms with Gasteiger partial charge in [0.05, 0.1) is 12.1 Å². The highest BCUT2D eigenvalue weighted by Gasteiger charge is 2.52. The van der Waals surface area contributed by atoms with Gasteiger partial charge in [-0.2, -0.15) is 0 Å². The van der Waals surface area contributed by atoms with Gasteiger partial charge in [-0.1, -0.05) is 0 Å². The molecular weight excluding hydrogens is 310 g/mol. The predicted octanol–water partition coefficient (Wildman–Crippen LogP) is 1.21. The largest absolute Gasteiger partial charge is 0.448 e. The van der Waals surface area contributed by atoms with Crippen LogP contribution < -0.4 is 0 Å². The molecule has 2 saturated heterocycles. The Morgan fingerprint density at radius 2 is 2.04 bits per heavy atom. The fourth-order valence-electron chi connectivity index (χ4n) is 4.26.